The van der Waals surface area contributed by atoms with Gasteiger partial charge in [-0.25, -0.2) is 0 Å². The zero-order chi connectivity index (χ0) is 91.1. The number of aliphatic carboxylic acids is 1. The first-order valence-electron chi connectivity index (χ1n) is 40.3. The van der Waals surface area contributed by atoms with Crippen molar-refractivity contribution in [3.63, 3.8) is 0 Å². The minimum atomic E-state index is -1.99. The molecular weight excluding hydrogens is 1630 g/mol. The van der Waals surface area contributed by atoms with Crippen molar-refractivity contribution in [1.29, 1.82) is 16.2 Å². The monoisotopic (exact) mass is 1750 g/mol. The molecule has 0 unspecified atom stereocenters. The Hall–Kier alpha value is -11.5. The number of aliphatic hydroxyl groups is 2. The van der Waals surface area contributed by atoms with Gasteiger partial charge in [-0.1, -0.05) is 120 Å². The number of nitrogens with two attached hydrogens (primary N) is 4. The molecule has 43 nitrogen and oxygen atoms in total. The summed E-state index contributed by atoms with van der Waals surface area (Å²) in [6.45, 7) is 4.66. The molecule has 30 N–H and O–H groups in total. The predicted molar refractivity (Wildman–Crippen MR) is 455 cm³/mol. The second kappa shape index (κ2) is 56.2. The summed E-state index contributed by atoms with van der Waals surface area (Å²) in [5, 5.41) is 91.9. The van der Waals surface area contributed by atoms with Crippen LogP contribution in [0.25, 0.3) is 0 Å². The fourth-order valence-corrected chi connectivity index (χ4v) is 13.2. The van der Waals surface area contributed by atoms with Gasteiger partial charge in [0.1, 0.15) is 78.8 Å². The van der Waals surface area contributed by atoms with E-state index in [0.717, 1.165) is 19.3 Å². The molecule has 2 aromatic carbocycles. The number of carbonyl (C=O) groups is 16. The van der Waals surface area contributed by atoms with Crippen LogP contribution in [0.3, 0.4) is 0 Å². The Morgan fingerprint density at radius 3 is 1.32 bits per heavy atom. The van der Waals surface area contributed by atoms with Gasteiger partial charge >= 0.3 is 5.97 Å². The predicted octanol–water partition coefficient (Wildman–Crippen LogP) is -6.69. The van der Waals surface area contributed by atoms with Crippen molar-refractivity contribution in [3.8, 4) is 0 Å². The van der Waals surface area contributed by atoms with Crippen LogP contribution >= 0.6 is 25.3 Å². The Morgan fingerprint density at radius 2 is 0.861 bits per heavy atom. The van der Waals surface area contributed by atoms with Crippen molar-refractivity contribution >= 4 is 138 Å². The van der Waals surface area contributed by atoms with Crippen LogP contribution in [-0.2, 0) is 89.6 Å². The number of carboxylic acid groups (broad SMARTS) is 1. The van der Waals surface area contributed by atoms with Crippen LogP contribution in [0.5, 0.6) is 0 Å². The van der Waals surface area contributed by atoms with Crippen molar-refractivity contribution in [2.24, 2.45) is 34.8 Å². The number of hydrogen-bond donors (Lipinski definition) is 28. The van der Waals surface area contributed by atoms with E-state index in [2.05, 4.69) is 110 Å². The van der Waals surface area contributed by atoms with E-state index in [4.69, 9.17) is 39.2 Å². The van der Waals surface area contributed by atoms with E-state index in [0.29, 0.717) is 36.7 Å². The van der Waals surface area contributed by atoms with Crippen molar-refractivity contribution in [2.45, 2.75) is 222 Å². The Bertz CT molecular complexity index is 3840. The summed E-state index contributed by atoms with van der Waals surface area (Å²) in [6, 6.07) is -2.34. The number of rotatable bonds is 56. The summed E-state index contributed by atoms with van der Waals surface area (Å²) in [4.78, 5) is 222. The number of aldehydes is 1. The lowest BCUT2D eigenvalue weighted by atomic mass is 9.91. The van der Waals surface area contributed by atoms with E-state index in [-0.39, 0.29) is 101 Å². The molecule has 0 bridgehead atoms. The highest BCUT2D eigenvalue weighted by Crippen LogP contribution is 2.27. The third-order valence-electron chi connectivity index (χ3n) is 20.0. The lowest BCUT2D eigenvalue weighted by Gasteiger charge is -2.40. The van der Waals surface area contributed by atoms with Gasteiger partial charge in [0.25, 0.3) is 0 Å². The molecular formula is C77H124N24O19S2. The first-order chi connectivity index (χ1) is 57.9. The van der Waals surface area contributed by atoms with Gasteiger partial charge in [-0.05, 0) is 81.3 Å². The number of thiol groups is 2. The molecule has 122 heavy (non-hydrogen) atoms. The number of nitrogens with zero attached hydrogens (tertiary/aromatic N) is 1. The number of carboxylic acids is 1. The molecule has 3 rings (SSSR count). The lowest BCUT2D eigenvalue weighted by molar-refractivity contribution is -0.144. The van der Waals surface area contributed by atoms with Crippen LogP contribution in [-0.4, -0.2) is 275 Å². The van der Waals surface area contributed by atoms with E-state index >= 15 is 4.79 Å². The van der Waals surface area contributed by atoms with E-state index in [9.17, 15) is 87.2 Å². The van der Waals surface area contributed by atoms with Gasteiger partial charge in [-0.2, -0.15) is 25.3 Å². The van der Waals surface area contributed by atoms with E-state index in [1.807, 2.05) is 0 Å². The molecule has 678 valence electrons. The zero-order valence-electron chi connectivity index (χ0n) is 69.3. The molecule has 15 atom stereocenters. The number of benzene rings is 2. The van der Waals surface area contributed by atoms with Crippen molar-refractivity contribution in [2.75, 3.05) is 57.4 Å². The van der Waals surface area contributed by atoms with Crippen LogP contribution in [0.1, 0.15) is 136 Å². The molecule has 45 heteroatoms. The third-order valence-corrected chi connectivity index (χ3v) is 20.7. The molecule has 14 amide bonds. The topological polar surface area (TPSA) is 705 Å². The number of amides is 14. The highest BCUT2D eigenvalue weighted by atomic mass is 32.1. The molecule has 0 spiro atoms. The fourth-order valence-electron chi connectivity index (χ4n) is 12.7. The molecule has 0 heterocycles. The first kappa shape index (κ1) is 105. The average molecular weight is 1750 g/mol. The van der Waals surface area contributed by atoms with Crippen LogP contribution in [0.4, 0.5) is 0 Å². The molecule has 0 aromatic heterocycles. The normalized spacial score (nSPS) is 15.5. The standard InChI is InChI=1S/C77H124N24O19S2/c1-6-42(3)61(99-66(112)50(27-18-30-86-76(81)82)91-59(106)36-88-58(105)35-89-65(111)52(32-45-20-11-8-12-21-45)93-63(109)44(5)90-70(116)56(40-121)97-69(115)55(39-104)96-64(110)49(78)38-103)72(118)94-53(34-60(107)108)68(114)92-51(28-19-31-87-77(83)84)67(113)100-62(43(4)7-2)73(119)98-57(41-122)71(117)95-54(33-46-22-13-9-14-23-46)74(120)101(47-24-15-10-16-25-47)48(37-102)26-17-29-85-75(79)80/h8-9,11-14,20-23,37,42-44,47-57,61-62,103-104,121-122H,6-7,10,15-19,24-36,38-41,78H2,1-5H3,(H,88,105)(H,89,111)(H,90,116)(H,91,106)(H,92,114)(H,93,109)(H,94,118)(H,95,117)(H,96,110)(H,97,115)(H,98,119)(H,99,112)(H,100,113)(H,107,108)(H4,79,80,85)(H4,81,82,86)(H4,83,84,87)/t42-,43-,44-,48-,49-,50-,51-,52-,53-,54-,55-,56-,57-,61-,62-/m0/s1. The molecule has 0 radical (unpaired) electrons. The average Bonchev–Trinajstić information content (AvgIpc) is 0.801. The SMILES string of the molecule is CC[C@H](C)[C@H](NC(=O)[C@H](CCCNC(=N)N)NC(=O)CNC(=O)CNC(=O)[C@H](Cc1ccccc1)NC(=O)[C@H](C)NC(=O)[C@H](CS)NC(=O)[C@H](CO)NC(=O)[C@@H](N)CO)C(=O)N[C@@H](CC(=O)O)C(=O)N[C@@H](CCCNC(=N)N)C(=O)N[C@H](C(=O)N[C@@H](CS)C(=O)N[C@@H](Cc1ccccc1)C(=O)N(C1CCCCC1)[C@H](C=O)CCCNC(=N)N)[C@@H](C)CC. The van der Waals surface area contributed by atoms with Gasteiger partial charge in [-0.3, -0.25) is 88.1 Å². The fraction of sp³-hybridized carbons (Fsp3) is 0.597. The molecule has 0 saturated heterocycles. The maximum atomic E-state index is 15.1. The van der Waals surface area contributed by atoms with E-state index < -0.39 is 224 Å². The molecule has 2 aromatic rings. The molecule has 0 aliphatic heterocycles. The summed E-state index contributed by atoms with van der Waals surface area (Å²) in [5.41, 5.74) is 23.2. The Morgan fingerprint density at radius 1 is 0.459 bits per heavy atom. The Kier molecular flexibility index (Phi) is 48.2. The number of nitrogens with one attached hydrogen (secondary N) is 19. The quantitative estimate of drug-likeness (QED) is 0.00962. The minimum Gasteiger partial charge on any atom is -0.481 e. The molecule has 1 aliphatic rings. The second-order valence-electron chi connectivity index (χ2n) is 29.5. The van der Waals surface area contributed by atoms with Gasteiger partial charge in [0, 0.05) is 50.0 Å². The van der Waals surface area contributed by atoms with E-state index in [1.54, 1.807) is 81.4 Å². The van der Waals surface area contributed by atoms with Gasteiger partial charge < -0.3 is 133 Å². The summed E-state index contributed by atoms with van der Waals surface area (Å²) < 4.78 is 0. The van der Waals surface area contributed by atoms with Crippen molar-refractivity contribution < 1.29 is 92.0 Å². The van der Waals surface area contributed by atoms with Crippen LogP contribution in [0.2, 0.25) is 0 Å². The maximum Gasteiger partial charge on any atom is 0.305 e. The number of aliphatic hydroxyl groups excluding tert-OH is 2. The van der Waals surface area contributed by atoms with Gasteiger partial charge in [0.05, 0.1) is 38.8 Å². The van der Waals surface area contributed by atoms with Crippen LogP contribution in [0.15, 0.2) is 60.7 Å². The molecule has 1 saturated carbocycles. The highest BCUT2D eigenvalue weighted by molar-refractivity contribution is 7.80. The van der Waals surface area contributed by atoms with Gasteiger partial charge in [0.15, 0.2) is 17.9 Å². The first-order valence-corrected chi connectivity index (χ1v) is 41.6. The van der Waals surface area contributed by atoms with Gasteiger partial charge in [-0.15, -0.1) is 0 Å². The Balaban J connectivity index is 1.86. The van der Waals surface area contributed by atoms with E-state index in [1.165, 1.54) is 18.7 Å². The summed E-state index contributed by atoms with van der Waals surface area (Å²) >= 11 is 8.52. The largest absolute Gasteiger partial charge is 0.481 e. The smallest absolute Gasteiger partial charge is 0.305 e. The maximum absolute atomic E-state index is 15.1. The summed E-state index contributed by atoms with van der Waals surface area (Å²) in [6.07, 6.45) is 3.66. The number of guanidine groups is 3. The third kappa shape index (κ3) is 38.1. The van der Waals surface area contributed by atoms with Crippen LogP contribution in [0, 0.1) is 28.1 Å². The van der Waals surface area contributed by atoms with Gasteiger partial charge in [0.2, 0.25) is 82.7 Å². The Labute approximate surface area is 718 Å². The lowest BCUT2D eigenvalue weighted by Crippen LogP contribution is -2.62. The van der Waals surface area contributed by atoms with Crippen molar-refractivity contribution in [1.82, 2.24) is 90.0 Å². The number of carbonyl (C=O) groups excluding carboxylic acids is 15. The highest BCUT2D eigenvalue weighted by Gasteiger charge is 2.41. The minimum absolute atomic E-state index is 0.00112. The zero-order valence-corrected chi connectivity index (χ0v) is 71.1. The van der Waals surface area contributed by atoms with Crippen LogP contribution < -0.4 is 108 Å². The second-order valence-corrected chi connectivity index (χ2v) is 30.2. The van der Waals surface area contributed by atoms with Crippen molar-refractivity contribution in [3.05, 3.63) is 71.8 Å². The number of hydrogen-bond acceptors (Lipinski definition) is 24. The molecule has 1 fully saturated rings. The molecule has 1 aliphatic carbocycles. The summed E-state index contributed by atoms with van der Waals surface area (Å²) in [7, 11) is 0. The summed E-state index contributed by atoms with van der Waals surface area (Å²) in [5.74, 6) is -18.2.